The molecule has 6 heteroatoms. The first-order chi connectivity index (χ1) is 8.81. The Morgan fingerprint density at radius 2 is 2.11 bits per heavy atom. The number of nitrogens with one attached hydrogen (secondary N) is 1. The Morgan fingerprint density at radius 1 is 1.42 bits per heavy atom. The smallest absolute Gasteiger partial charge is 0.249 e. The Morgan fingerprint density at radius 3 is 2.79 bits per heavy atom. The van der Waals surface area contributed by atoms with E-state index in [0.29, 0.717) is 10.0 Å². The lowest BCUT2D eigenvalue weighted by Crippen LogP contribution is -2.63. The molecule has 1 N–H and O–H groups in total. The monoisotopic (exact) mass is 328 g/mol. The van der Waals surface area contributed by atoms with E-state index in [0.717, 1.165) is 4.90 Å². The lowest BCUT2D eigenvalue weighted by molar-refractivity contribution is -0.153. The second-order valence-electron chi connectivity index (χ2n) is 5.00. The fourth-order valence-corrected chi connectivity index (χ4v) is 2.32. The molecule has 0 saturated carbocycles. The molecule has 102 valence electrons. The molecule has 0 aromatic heterocycles. The van der Waals surface area contributed by atoms with Gasteiger partial charge in [0.05, 0.1) is 18.6 Å². The van der Waals surface area contributed by atoms with Crippen molar-refractivity contribution < 1.29 is 14.0 Å². The van der Waals surface area contributed by atoms with Crippen molar-refractivity contribution in [3.63, 3.8) is 0 Å². The number of hydrogen-bond acceptors (Lipinski definition) is 3. The third kappa shape index (κ3) is 2.84. The van der Waals surface area contributed by atoms with Crippen molar-refractivity contribution >= 4 is 27.7 Å². The zero-order chi connectivity index (χ0) is 14.2. The lowest BCUT2D eigenvalue weighted by Gasteiger charge is -2.36. The van der Waals surface area contributed by atoms with Gasteiger partial charge in [-0.3, -0.25) is 19.8 Å². The van der Waals surface area contributed by atoms with Crippen LogP contribution < -0.4 is 5.32 Å². The van der Waals surface area contributed by atoms with Crippen molar-refractivity contribution in [2.24, 2.45) is 0 Å². The molecular weight excluding hydrogens is 315 g/mol. The van der Waals surface area contributed by atoms with Crippen molar-refractivity contribution in [1.82, 2.24) is 10.2 Å². The van der Waals surface area contributed by atoms with Crippen LogP contribution in [0.1, 0.15) is 19.4 Å². The van der Waals surface area contributed by atoms with Crippen LogP contribution in [0, 0.1) is 5.82 Å². The number of amides is 2. The molecule has 1 heterocycles. The van der Waals surface area contributed by atoms with Gasteiger partial charge in [-0.1, -0.05) is 15.9 Å². The quantitative estimate of drug-likeness (QED) is 0.842. The zero-order valence-electron chi connectivity index (χ0n) is 10.7. The van der Waals surface area contributed by atoms with Crippen LogP contribution in [0.3, 0.4) is 0 Å². The normalized spacial score (nSPS) is 18.8. The van der Waals surface area contributed by atoms with Crippen LogP contribution in [-0.4, -0.2) is 28.8 Å². The molecule has 1 fully saturated rings. The highest BCUT2D eigenvalue weighted by atomic mass is 79.9. The molecule has 4 nitrogen and oxygen atoms in total. The fraction of sp³-hybridized carbons (Fsp3) is 0.385. The molecule has 2 amide bonds. The molecule has 1 aliphatic heterocycles. The maximum Gasteiger partial charge on any atom is 0.249 e. The highest BCUT2D eigenvalue weighted by molar-refractivity contribution is 9.10. The van der Waals surface area contributed by atoms with Crippen LogP contribution in [0.2, 0.25) is 0 Å². The molecule has 0 unspecified atom stereocenters. The van der Waals surface area contributed by atoms with Crippen LogP contribution in [0.5, 0.6) is 0 Å². The number of rotatable bonds is 2. The average Bonchev–Trinajstić information content (AvgIpc) is 2.34. The molecule has 19 heavy (non-hydrogen) atoms. The Hall–Kier alpha value is -1.27. The van der Waals surface area contributed by atoms with E-state index < -0.39 is 11.4 Å². The number of benzene rings is 1. The molecule has 1 aliphatic rings. The minimum absolute atomic E-state index is 0.0476. The number of hydrogen-bond donors (Lipinski definition) is 1. The van der Waals surface area contributed by atoms with Gasteiger partial charge in [0, 0.05) is 10.0 Å². The maximum atomic E-state index is 13.7. The Labute approximate surface area is 119 Å². The highest BCUT2D eigenvalue weighted by Crippen LogP contribution is 2.20. The van der Waals surface area contributed by atoms with E-state index in [1.54, 1.807) is 26.0 Å². The summed E-state index contributed by atoms with van der Waals surface area (Å²) in [6, 6.07) is 4.46. The molecule has 2 rings (SSSR count). The third-order valence-electron chi connectivity index (χ3n) is 3.10. The summed E-state index contributed by atoms with van der Waals surface area (Å²) in [4.78, 5) is 25.1. The van der Waals surface area contributed by atoms with E-state index in [1.165, 1.54) is 6.07 Å². The minimum Gasteiger partial charge on any atom is -0.295 e. The van der Waals surface area contributed by atoms with Crippen LogP contribution in [0.25, 0.3) is 0 Å². The van der Waals surface area contributed by atoms with Crippen LogP contribution in [0.15, 0.2) is 22.7 Å². The SMILES string of the molecule is CC1(C)NCC(=O)N(Cc2cc(Br)ccc2F)C1=O. The van der Waals surface area contributed by atoms with Gasteiger partial charge in [0.2, 0.25) is 11.8 Å². The van der Waals surface area contributed by atoms with E-state index in [2.05, 4.69) is 21.2 Å². The van der Waals surface area contributed by atoms with Crippen LogP contribution >= 0.6 is 15.9 Å². The molecule has 0 aliphatic carbocycles. The fourth-order valence-electron chi connectivity index (χ4n) is 1.91. The van der Waals surface area contributed by atoms with E-state index in [1.807, 2.05) is 0 Å². The Kier molecular flexibility index (Phi) is 3.73. The molecule has 1 aromatic rings. The molecule has 0 radical (unpaired) electrons. The predicted molar refractivity (Wildman–Crippen MR) is 71.7 cm³/mol. The summed E-state index contributed by atoms with van der Waals surface area (Å²) in [5, 5.41) is 2.86. The summed E-state index contributed by atoms with van der Waals surface area (Å²) < 4.78 is 14.4. The predicted octanol–water partition coefficient (Wildman–Crippen LogP) is 1.83. The molecule has 0 bridgehead atoms. The van der Waals surface area contributed by atoms with Gasteiger partial charge in [0.1, 0.15) is 5.82 Å². The van der Waals surface area contributed by atoms with Crippen LogP contribution in [-0.2, 0) is 16.1 Å². The number of nitrogens with zero attached hydrogens (tertiary/aromatic N) is 1. The van der Waals surface area contributed by atoms with Gasteiger partial charge in [-0.15, -0.1) is 0 Å². The summed E-state index contributed by atoms with van der Waals surface area (Å²) >= 11 is 3.25. The average molecular weight is 329 g/mol. The van der Waals surface area contributed by atoms with Gasteiger partial charge in [-0.05, 0) is 32.0 Å². The molecule has 1 aromatic carbocycles. The topological polar surface area (TPSA) is 49.4 Å². The Balaban J connectivity index is 2.28. The second kappa shape index (κ2) is 5.02. The number of carbonyl (C=O) groups is 2. The summed E-state index contributed by atoms with van der Waals surface area (Å²) in [6.45, 7) is 3.43. The summed E-state index contributed by atoms with van der Waals surface area (Å²) in [5.74, 6) is -1.12. The minimum atomic E-state index is -0.809. The summed E-state index contributed by atoms with van der Waals surface area (Å²) in [7, 11) is 0. The molecule has 0 atom stereocenters. The number of carbonyl (C=O) groups excluding carboxylic acids is 2. The van der Waals surface area contributed by atoms with E-state index in [4.69, 9.17) is 0 Å². The molecule has 1 saturated heterocycles. The zero-order valence-corrected chi connectivity index (χ0v) is 12.3. The van der Waals surface area contributed by atoms with Gasteiger partial charge >= 0.3 is 0 Å². The van der Waals surface area contributed by atoms with Crippen molar-refractivity contribution in [3.8, 4) is 0 Å². The lowest BCUT2D eigenvalue weighted by atomic mass is 10.00. The molecular formula is C13H14BrFN2O2. The molecule has 0 spiro atoms. The van der Waals surface area contributed by atoms with Gasteiger partial charge < -0.3 is 0 Å². The summed E-state index contributed by atoms with van der Waals surface area (Å²) in [6.07, 6.45) is 0. The van der Waals surface area contributed by atoms with Gasteiger partial charge in [0.25, 0.3) is 0 Å². The first kappa shape index (κ1) is 14.1. The summed E-state index contributed by atoms with van der Waals surface area (Å²) in [5.41, 5.74) is -0.495. The van der Waals surface area contributed by atoms with Crippen molar-refractivity contribution in [2.45, 2.75) is 25.9 Å². The van der Waals surface area contributed by atoms with Crippen LogP contribution in [0.4, 0.5) is 4.39 Å². The highest BCUT2D eigenvalue weighted by Gasteiger charge is 2.39. The van der Waals surface area contributed by atoms with Crippen molar-refractivity contribution in [2.75, 3.05) is 6.54 Å². The van der Waals surface area contributed by atoms with E-state index in [-0.39, 0.29) is 24.9 Å². The second-order valence-corrected chi connectivity index (χ2v) is 5.91. The van der Waals surface area contributed by atoms with E-state index >= 15 is 0 Å². The number of piperazine rings is 1. The number of halogens is 2. The van der Waals surface area contributed by atoms with Gasteiger partial charge in [-0.2, -0.15) is 0 Å². The van der Waals surface area contributed by atoms with Crippen molar-refractivity contribution in [1.29, 1.82) is 0 Å². The Bertz CT molecular complexity index is 545. The number of imide groups is 1. The van der Waals surface area contributed by atoms with Gasteiger partial charge in [-0.25, -0.2) is 4.39 Å². The standard InChI is InChI=1S/C13H14BrFN2O2/c1-13(2)12(19)17(11(18)6-16-13)7-8-5-9(14)3-4-10(8)15/h3-5,16H,6-7H2,1-2H3. The van der Waals surface area contributed by atoms with E-state index in [9.17, 15) is 14.0 Å². The first-order valence-corrected chi connectivity index (χ1v) is 6.64. The largest absolute Gasteiger partial charge is 0.295 e. The third-order valence-corrected chi connectivity index (χ3v) is 3.59. The van der Waals surface area contributed by atoms with Gasteiger partial charge in [0.15, 0.2) is 0 Å². The maximum absolute atomic E-state index is 13.7. The van der Waals surface area contributed by atoms with Crippen molar-refractivity contribution in [3.05, 3.63) is 34.1 Å². The first-order valence-electron chi connectivity index (χ1n) is 5.85.